The molecule has 2 saturated heterocycles. The highest BCUT2D eigenvalue weighted by Crippen LogP contribution is 2.30. The zero-order valence-corrected chi connectivity index (χ0v) is 14.1. The lowest BCUT2D eigenvalue weighted by Crippen LogP contribution is -2.38. The number of urea groups is 1. The molecule has 26 heavy (non-hydrogen) atoms. The average Bonchev–Trinajstić information content (AvgIpc) is 3.21. The molecule has 9 heteroatoms. The first-order valence-corrected chi connectivity index (χ1v) is 8.44. The standard InChI is InChI=1S/C17H20F3N3O3/c18-17(19,20)9-13-5-6-22(11-13)15(24)21-10-12-1-3-14(4-2-12)23-7-8-26-16(23)25/h1-4,13H,5-11H2,(H,21,24). The van der Waals surface area contributed by atoms with E-state index in [0.717, 1.165) is 11.3 Å². The molecule has 1 aromatic carbocycles. The lowest BCUT2D eigenvalue weighted by Gasteiger charge is -2.18. The highest BCUT2D eigenvalue weighted by molar-refractivity contribution is 5.89. The predicted molar refractivity (Wildman–Crippen MR) is 87.7 cm³/mol. The van der Waals surface area contributed by atoms with E-state index in [1.165, 1.54) is 9.80 Å². The van der Waals surface area contributed by atoms with Gasteiger partial charge in [0.25, 0.3) is 0 Å². The molecule has 1 aromatic rings. The molecule has 0 aliphatic carbocycles. The number of halogens is 3. The minimum atomic E-state index is -4.19. The fraction of sp³-hybridized carbons (Fsp3) is 0.529. The van der Waals surface area contributed by atoms with E-state index in [1.807, 2.05) is 0 Å². The van der Waals surface area contributed by atoms with Gasteiger partial charge in [-0.15, -0.1) is 0 Å². The van der Waals surface area contributed by atoms with E-state index < -0.39 is 18.5 Å². The summed E-state index contributed by atoms with van der Waals surface area (Å²) in [5, 5.41) is 2.72. The molecule has 1 atom stereocenters. The van der Waals surface area contributed by atoms with Gasteiger partial charge in [0.1, 0.15) is 6.61 Å². The van der Waals surface area contributed by atoms with Gasteiger partial charge in [-0.1, -0.05) is 12.1 Å². The normalized spacial score (nSPS) is 20.4. The van der Waals surface area contributed by atoms with Crippen molar-refractivity contribution < 1.29 is 27.5 Å². The van der Waals surface area contributed by atoms with Crippen LogP contribution in [0.1, 0.15) is 18.4 Å². The van der Waals surface area contributed by atoms with Crippen molar-refractivity contribution in [2.24, 2.45) is 5.92 Å². The molecule has 6 nitrogen and oxygen atoms in total. The van der Waals surface area contributed by atoms with Crippen LogP contribution in [-0.2, 0) is 11.3 Å². The molecule has 1 N–H and O–H groups in total. The number of nitrogens with zero attached hydrogens (tertiary/aromatic N) is 2. The molecule has 2 heterocycles. The molecule has 2 aliphatic heterocycles. The fourth-order valence-electron chi connectivity index (χ4n) is 3.22. The summed E-state index contributed by atoms with van der Waals surface area (Å²) in [7, 11) is 0. The molecular weight excluding hydrogens is 351 g/mol. The number of likely N-dealkylation sites (tertiary alicyclic amines) is 1. The van der Waals surface area contributed by atoms with Crippen LogP contribution in [-0.4, -0.2) is 49.4 Å². The van der Waals surface area contributed by atoms with Crippen LogP contribution in [0.4, 0.5) is 28.4 Å². The molecule has 1 unspecified atom stereocenters. The number of rotatable bonds is 4. The van der Waals surface area contributed by atoms with E-state index in [1.54, 1.807) is 24.3 Å². The maximum Gasteiger partial charge on any atom is 0.414 e. The topological polar surface area (TPSA) is 61.9 Å². The Labute approximate surface area is 148 Å². The van der Waals surface area contributed by atoms with Crippen molar-refractivity contribution in [3.05, 3.63) is 29.8 Å². The second-order valence-corrected chi connectivity index (χ2v) is 6.51. The number of alkyl halides is 3. The van der Waals surface area contributed by atoms with Gasteiger partial charge in [0.2, 0.25) is 0 Å². The second kappa shape index (κ2) is 7.43. The van der Waals surface area contributed by atoms with Gasteiger partial charge >= 0.3 is 18.3 Å². The molecule has 142 valence electrons. The molecule has 0 aromatic heterocycles. The summed E-state index contributed by atoms with van der Waals surface area (Å²) in [4.78, 5) is 26.6. The minimum Gasteiger partial charge on any atom is -0.447 e. The van der Waals surface area contributed by atoms with Crippen molar-refractivity contribution in [3.8, 4) is 0 Å². The summed E-state index contributed by atoms with van der Waals surface area (Å²) in [6.07, 6.45) is -5.06. The van der Waals surface area contributed by atoms with Crippen LogP contribution in [0.15, 0.2) is 24.3 Å². The average molecular weight is 371 g/mol. The largest absolute Gasteiger partial charge is 0.447 e. The first-order valence-electron chi connectivity index (χ1n) is 8.44. The predicted octanol–water partition coefficient (Wildman–Crippen LogP) is 3.13. The Hall–Kier alpha value is -2.45. The van der Waals surface area contributed by atoms with E-state index in [9.17, 15) is 22.8 Å². The lowest BCUT2D eigenvalue weighted by molar-refractivity contribution is -0.143. The maximum absolute atomic E-state index is 12.4. The van der Waals surface area contributed by atoms with Gasteiger partial charge in [-0.2, -0.15) is 13.2 Å². The van der Waals surface area contributed by atoms with Crippen LogP contribution >= 0.6 is 0 Å². The van der Waals surface area contributed by atoms with Crippen LogP contribution in [0, 0.1) is 5.92 Å². The highest BCUT2D eigenvalue weighted by atomic mass is 19.4. The number of hydrogen-bond donors (Lipinski definition) is 1. The third kappa shape index (κ3) is 4.59. The Morgan fingerprint density at radius 2 is 1.96 bits per heavy atom. The summed E-state index contributed by atoms with van der Waals surface area (Å²) < 4.78 is 42.1. The van der Waals surface area contributed by atoms with Crippen LogP contribution in [0.2, 0.25) is 0 Å². The number of cyclic esters (lactones) is 1. The quantitative estimate of drug-likeness (QED) is 0.885. The third-order valence-electron chi connectivity index (χ3n) is 4.55. The number of ether oxygens (including phenoxy) is 1. The zero-order valence-electron chi connectivity index (χ0n) is 14.1. The first kappa shape index (κ1) is 18.3. The van der Waals surface area contributed by atoms with Crippen LogP contribution in [0.25, 0.3) is 0 Å². The van der Waals surface area contributed by atoms with Gasteiger partial charge < -0.3 is 15.0 Å². The van der Waals surface area contributed by atoms with E-state index in [-0.39, 0.29) is 25.2 Å². The van der Waals surface area contributed by atoms with E-state index in [4.69, 9.17) is 4.74 Å². The molecule has 3 rings (SSSR count). The van der Waals surface area contributed by atoms with E-state index >= 15 is 0 Å². The molecule has 0 saturated carbocycles. The van der Waals surface area contributed by atoms with Crippen molar-refractivity contribution in [1.82, 2.24) is 10.2 Å². The number of anilines is 1. The van der Waals surface area contributed by atoms with Gasteiger partial charge in [-0.3, -0.25) is 4.90 Å². The summed E-state index contributed by atoms with van der Waals surface area (Å²) >= 11 is 0. The van der Waals surface area contributed by atoms with Crippen LogP contribution in [0.5, 0.6) is 0 Å². The van der Waals surface area contributed by atoms with Gasteiger partial charge in [-0.25, -0.2) is 9.59 Å². The first-order chi connectivity index (χ1) is 12.3. The fourth-order valence-corrected chi connectivity index (χ4v) is 3.22. The van der Waals surface area contributed by atoms with Crippen molar-refractivity contribution in [2.75, 3.05) is 31.1 Å². The third-order valence-corrected chi connectivity index (χ3v) is 4.55. The molecule has 2 aliphatic rings. The molecule has 0 radical (unpaired) electrons. The number of carbonyl (C=O) groups is 2. The monoisotopic (exact) mass is 371 g/mol. The van der Waals surface area contributed by atoms with Gasteiger partial charge in [0.05, 0.1) is 6.54 Å². The van der Waals surface area contributed by atoms with Crippen LogP contribution in [0.3, 0.4) is 0 Å². The van der Waals surface area contributed by atoms with Crippen molar-refractivity contribution in [3.63, 3.8) is 0 Å². The Kier molecular flexibility index (Phi) is 5.24. The lowest BCUT2D eigenvalue weighted by atomic mass is 10.1. The Morgan fingerprint density at radius 1 is 1.23 bits per heavy atom. The van der Waals surface area contributed by atoms with E-state index in [2.05, 4.69) is 5.32 Å². The van der Waals surface area contributed by atoms with E-state index in [0.29, 0.717) is 26.1 Å². The zero-order chi connectivity index (χ0) is 18.7. The number of carbonyl (C=O) groups excluding carboxylic acids is 2. The van der Waals surface area contributed by atoms with Crippen molar-refractivity contribution in [1.29, 1.82) is 0 Å². The highest BCUT2D eigenvalue weighted by Gasteiger charge is 2.36. The SMILES string of the molecule is O=C(NCc1ccc(N2CCOC2=O)cc1)N1CCC(CC(F)(F)F)C1. The Balaban J connectivity index is 1.47. The molecule has 0 spiro atoms. The molecular formula is C17H20F3N3O3. The second-order valence-electron chi connectivity index (χ2n) is 6.51. The van der Waals surface area contributed by atoms with Gasteiger partial charge in [-0.05, 0) is 30.0 Å². The summed E-state index contributed by atoms with van der Waals surface area (Å²) in [6.45, 7) is 1.60. The minimum absolute atomic E-state index is 0.126. The summed E-state index contributed by atoms with van der Waals surface area (Å²) in [6, 6.07) is 6.75. The summed E-state index contributed by atoms with van der Waals surface area (Å²) in [5.74, 6) is -0.528. The van der Waals surface area contributed by atoms with Crippen LogP contribution < -0.4 is 10.2 Å². The van der Waals surface area contributed by atoms with Gasteiger partial charge in [0, 0.05) is 31.7 Å². The molecule has 0 bridgehead atoms. The number of nitrogens with one attached hydrogen (secondary N) is 1. The summed E-state index contributed by atoms with van der Waals surface area (Å²) in [5.41, 5.74) is 1.55. The smallest absolute Gasteiger partial charge is 0.414 e. The van der Waals surface area contributed by atoms with Crippen molar-refractivity contribution in [2.45, 2.75) is 25.6 Å². The Bertz CT molecular complexity index is 663. The van der Waals surface area contributed by atoms with Crippen molar-refractivity contribution >= 4 is 17.8 Å². The maximum atomic E-state index is 12.4. The molecule has 2 fully saturated rings. The number of hydrogen-bond acceptors (Lipinski definition) is 3. The number of benzene rings is 1. The molecule has 3 amide bonds. The number of amides is 3. The van der Waals surface area contributed by atoms with Gasteiger partial charge in [0.15, 0.2) is 0 Å². The Morgan fingerprint density at radius 3 is 2.58 bits per heavy atom.